The molecule has 0 radical (unpaired) electrons. The van der Waals surface area contributed by atoms with Crippen LogP contribution in [0.25, 0.3) is 0 Å². The first-order valence-corrected chi connectivity index (χ1v) is 9.46. The number of hydrogen-bond donors (Lipinski definition) is 1. The second kappa shape index (κ2) is 8.80. The lowest BCUT2D eigenvalue weighted by Gasteiger charge is -2.29. The number of halogens is 1. The Morgan fingerprint density at radius 3 is 2.26 bits per heavy atom. The van der Waals surface area contributed by atoms with Crippen LogP contribution in [0.5, 0.6) is 0 Å². The molecule has 0 unspecified atom stereocenters. The lowest BCUT2D eigenvalue weighted by Crippen LogP contribution is -2.40. The van der Waals surface area contributed by atoms with Crippen LogP contribution < -0.4 is 5.32 Å². The van der Waals surface area contributed by atoms with Gasteiger partial charge in [0.1, 0.15) is 5.82 Å². The summed E-state index contributed by atoms with van der Waals surface area (Å²) >= 11 is 0. The summed E-state index contributed by atoms with van der Waals surface area (Å²) in [5.74, 6) is -0.374. The predicted octanol–water partition coefficient (Wildman–Crippen LogP) is 4.41. The van der Waals surface area contributed by atoms with Crippen molar-refractivity contribution in [3.05, 3.63) is 65.5 Å². The van der Waals surface area contributed by atoms with Crippen LogP contribution in [-0.4, -0.2) is 29.3 Å². The van der Waals surface area contributed by atoms with E-state index in [2.05, 4.69) is 5.32 Å². The molecule has 3 rings (SSSR count). The van der Waals surface area contributed by atoms with Gasteiger partial charge in [-0.3, -0.25) is 9.59 Å². The van der Waals surface area contributed by atoms with Gasteiger partial charge < -0.3 is 10.2 Å². The number of anilines is 1. The Morgan fingerprint density at radius 1 is 1.04 bits per heavy atom. The minimum absolute atomic E-state index is 0.0124. The molecule has 0 atom stereocenters. The first kappa shape index (κ1) is 19.1. The van der Waals surface area contributed by atoms with E-state index in [1.165, 1.54) is 19.1 Å². The van der Waals surface area contributed by atoms with E-state index in [1.807, 2.05) is 4.90 Å². The van der Waals surface area contributed by atoms with Gasteiger partial charge in [0.15, 0.2) is 0 Å². The number of hydrogen-bond acceptors (Lipinski definition) is 2. The molecule has 0 bridgehead atoms. The normalized spacial score (nSPS) is 14.1. The molecule has 5 heteroatoms. The van der Waals surface area contributed by atoms with Crippen LogP contribution in [0.2, 0.25) is 0 Å². The van der Waals surface area contributed by atoms with Gasteiger partial charge in [0.25, 0.3) is 5.91 Å². The second-order valence-electron chi connectivity index (χ2n) is 7.07. The van der Waals surface area contributed by atoms with E-state index >= 15 is 0 Å². The first-order valence-electron chi connectivity index (χ1n) is 9.46. The van der Waals surface area contributed by atoms with E-state index in [0.717, 1.165) is 31.2 Å². The van der Waals surface area contributed by atoms with Crippen molar-refractivity contribution < 1.29 is 14.0 Å². The van der Waals surface area contributed by atoms with Gasteiger partial charge in [-0.2, -0.15) is 0 Å². The lowest BCUT2D eigenvalue weighted by molar-refractivity contribution is -0.114. The van der Waals surface area contributed by atoms with E-state index in [-0.39, 0.29) is 23.7 Å². The SMILES string of the molecule is CC(=O)Nc1ccc(C(=O)N(CCc2ccc(F)cc2)C2CCCC2)cc1. The summed E-state index contributed by atoms with van der Waals surface area (Å²) in [7, 11) is 0. The topological polar surface area (TPSA) is 49.4 Å². The van der Waals surface area contributed by atoms with Crippen molar-refractivity contribution in [1.29, 1.82) is 0 Å². The molecule has 4 nitrogen and oxygen atoms in total. The first-order chi connectivity index (χ1) is 13.0. The molecule has 0 aliphatic heterocycles. The van der Waals surface area contributed by atoms with Crippen molar-refractivity contribution in [1.82, 2.24) is 4.90 Å². The van der Waals surface area contributed by atoms with Gasteiger partial charge in [0, 0.05) is 30.8 Å². The number of benzene rings is 2. The van der Waals surface area contributed by atoms with Gasteiger partial charge >= 0.3 is 0 Å². The fourth-order valence-electron chi connectivity index (χ4n) is 3.63. The monoisotopic (exact) mass is 368 g/mol. The van der Waals surface area contributed by atoms with Crippen molar-refractivity contribution in [3.8, 4) is 0 Å². The molecule has 1 aliphatic rings. The molecule has 27 heavy (non-hydrogen) atoms. The summed E-state index contributed by atoms with van der Waals surface area (Å²) in [5.41, 5.74) is 2.32. The molecule has 1 fully saturated rings. The molecule has 1 N–H and O–H groups in total. The Morgan fingerprint density at radius 2 is 1.67 bits per heavy atom. The third-order valence-electron chi connectivity index (χ3n) is 5.03. The highest BCUT2D eigenvalue weighted by molar-refractivity contribution is 5.95. The van der Waals surface area contributed by atoms with Crippen molar-refractivity contribution in [2.45, 2.75) is 45.1 Å². The third kappa shape index (κ3) is 5.16. The Kier molecular flexibility index (Phi) is 6.22. The predicted molar refractivity (Wildman–Crippen MR) is 104 cm³/mol. The van der Waals surface area contributed by atoms with Crippen LogP contribution >= 0.6 is 0 Å². The van der Waals surface area contributed by atoms with Crippen LogP contribution in [0, 0.1) is 5.82 Å². The maximum absolute atomic E-state index is 13.1. The van der Waals surface area contributed by atoms with E-state index in [9.17, 15) is 14.0 Å². The number of nitrogens with zero attached hydrogens (tertiary/aromatic N) is 1. The smallest absolute Gasteiger partial charge is 0.254 e. The quantitative estimate of drug-likeness (QED) is 0.821. The zero-order valence-electron chi connectivity index (χ0n) is 15.6. The third-order valence-corrected chi connectivity index (χ3v) is 5.03. The fourth-order valence-corrected chi connectivity index (χ4v) is 3.63. The highest BCUT2D eigenvalue weighted by Gasteiger charge is 2.27. The molecule has 0 aromatic heterocycles. The molecule has 0 heterocycles. The van der Waals surface area contributed by atoms with Gasteiger partial charge in [-0.25, -0.2) is 4.39 Å². The van der Waals surface area contributed by atoms with Gasteiger partial charge in [-0.1, -0.05) is 25.0 Å². The standard InChI is InChI=1S/C22H25FN2O2/c1-16(26)24-20-12-8-18(9-13-20)22(27)25(21-4-2-3-5-21)15-14-17-6-10-19(23)11-7-17/h6-13,21H,2-5,14-15H2,1H3,(H,24,26). The Labute approximate surface area is 159 Å². The van der Waals surface area contributed by atoms with Crippen LogP contribution in [0.4, 0.5) is 10.1 Å². The zero-order chi connectivity index (χ0) is 19.2. The molecule has 2 aromatic rings. The number of carbonyl (C=O) groups is 2. The molecule has 142 valence electrons. The molecule has 2 aromatic carbocycles. The highest BCUT2D eigenvalue weighted by atomic mass is 19.1. The summed E-state index contributed by atoms with van der Waals surface area (Å²) in [4.78, 5) is 26.2. The molecule has 2 amide bonds. The maximum Gasteiger partial charge on any atom is 0.254 e. The van der Waals surface area contributed by atoms with Crippen molar-refractivity contribution in [2.75, 3.05) is 11.9 Å². The average molecular weight is 368 g/mol. The lowest BCUT2D eigenvalue weighted by atomic mass is 10.1. The molecule has 0 saturated heterocycles. The van der Waals surface area contributed by atoms with Gasteiger partial charge in [0.2, 0.25) is 5.91 Å². The Bertz CT molecular complexity index is 781. The average Bonchev–Trinajstić information content (AvgIpc) is 3.18. The van der Waals surface area contributed by atoms with E-state index < -0.39 is 0 Å². The number of amides is 2. The summed E-state index contributed by atoms with van der Waals surface area (Å²) in [6.07, 6.45) is 5.05. The second-order valence-corrected chi connectivity index (χ2v) is 7.07. The minimum Gasteiger partial charge on any atom is -0.335 e. The highest BCUT2D eigenvalue weighted by Crippen LogP contribution is 2.25. The van der Waals surface area contributed by atoms with Gasteiger partial charge in [-0.05, 0) is 61.2 Å². The Balaban J connectivity index is 1.72. The largest absolute Gasteiger partial charge is 0.335 e. The Hall–Kier alpha value is -2.69. The number of nitrogens with one attached hydrogen (secondary N) is 1. The van der Waals surface area contributed by atoms with Crippen LogP contribution in [-0.2, 0) is 11.2 Å². The van der Waals surface area contributed by atoms with Crippen molar-refractivity contribution in [2.24, 2.45) is 0 Å². The minimum atomic E-state index is -0.248. The summed E-state index contributed by atoms with van der Waals surface area (Å²) in [6, 6.07) is 13.7. The molecular formula is C22H25FN2O2. The molecule has 1 saturated carbocycles. The van der Waals surface area contributed by atoms with E-state index in [0.29, 0.717) is 24.2 Å². The molecular weight excluding hydrogens is 343 g/mol. The summed E-state index contributed by atoms with van der Waals surface area (Å²) in [5, 5.41) is 2.71. The van der Waals surface area contributed by atoms with Crippen molar-refractivity contribution in [3.63, 3.8) is 0 Å². The van der Waals surface area contributed by atoms with Gasteiger partial charge in [0.05, 0.1) is 0 Å². The van der Waals surface area contributed by atoms with Gasteiger partial charge in [-0.15, -0.1) is 0 Å². The molecule has 1 aliphatic carbocycles. The summed E-state index contributed by atoms with van der Waals surface area (Å²) < 4.78 is 13.1. The van der Waals surface area contributed by atoms with E-state index in [4.69, 9.17) is 0 Å². The zero-order valence-corrected chi connectivity index (χ0v) is 15.6. The van der Waals surface area contributed by atoms with Crippen LogP contribution in [0.15, 0.2) is 48.5 Å². The van der Waals surface area contributed by atoms with Crippen LogP contribution in [0.3, 0.4) is 0 Å². The van der Waals surface area contributed by atoms with Crippen molar-refractivity contribution >= 4 is 17.5 Å². The number of rotatable bonds is 6. The summed E-state index contributed by atoms with van der Waals surface area (Å²) in [6.45, 7) is 2.07. The fraction of sp³-hybridized carbons (Fsp3) is 0.364. The van der Waals surface area contributed by atoms with Crippen LogP contribution in [0.1, 0.15) is 48.5 Å². The molecule has 0 spiro atoms. The van der Waals surface area contributed by atoms with E-state index in [1.54, 1.807) is 36.4 Å². The maximum atomic E-state index is 13.1. The number of carbonyl (C=O) groups excluding carboxylic acids is 2.